The maximum absolute atomic E-state index is 8.35. The van der Waals surface area contributed by atoms with Gasteiger partial charge in [0, 0.05) is 5.56 Å². The van der Waals surface area contributed by atoms with Crippen molar-refractivity contribution in [1.82, 2.24) is 0 Å². The van der Waals surface area contributed by atoms with E-state index in [-0.39, 0.29) is 5.57 Å². The first kappa shape index (κ1) is 7.11. The molecule has 1 rings (SSSR count). The van der Waals surface area contributed by atoms with Gasteiger partial charge in [0.05, 0.1) is 12.5 Å². The molecular weight excluding hydrogens is 140 g/mol. The van der Waals surface area contributed by atoms with E-state index < -0.39 is 0 Å². The summed E-state index contributed by atoms with van der Waals surface area (Å²) in [5, 5.41) is 16.7. The molecule has 0 spiro atoms. The number of hydrogen-bond donors (Lipinski definition) is 0. The molecule has 0 aliphatic rings. The van der Waals surface area contributed by atoms with Gasteiger partial charge in [-0.2, -0.15) is 10.5 Å². The van der Waals surface area contributed by atoms with Crippen molar-refractivity contribution < 1.29 is 4.42 Å². The fourth-order valence-electron chi connectivity index (χ4n) is 0.613. The molecular formula is C8H4N2O. The molecule has 0 radical (unpaired) electrons. The predicted octanol–water partition coefficient (Wildman–Crippen LogP) is 1.71. The first-order chi connectivity index (χ1) is 5.36. The van der Waals surface area contributed by atoms with Gasteiger partial charge in [-0.15, -0.1) is 0 Å². The van der Waals surface area contributed by atoms with Gasteiger partial charge in [-0.25, -0.2) is 0 Å². The minimum atomic E-state index is 0.0754. The summed E-state index contributed by atoms with van der Waals surface area (Å²) < 4.78 is 4.74. The van der Waals surface area contributed by atoms with Crippen LogP contribution in [-0.2, 0) is 0 Å². The zero-order valence-electron chi connectivity index (χ0n) is 5.61. The number of hydrogen-bond acceptors (Lipinski definition) is 3. The lowest BCUT2D eigenvalue weighted by molar-refractivity contribution is 0.567. The van der Waals surface area contributed by atoms with Gasteiger partial charge in [0.15, 0.2) is 0 Å². The van der Waals surface area contributed by atoms with Gasteiger partial charge in [-0.1, -0.05) is 0 Å². The fourth-order valence-corrected chi connectivity index (χ4v) is 0.613. The Balaban J connectivity index is 2.93. The zero-order chi connectivity index (χ0) is 8.10. The molecule has 1 aromatic rings. The lowest BCUT2D eigenvalue weighted by Crippen LogP contribution is -1.69. The number of allylic oxidation sites excluding steroid dienone is 1. The van der Waals surface area contributed by atoms with Crippen molar-refractivity contribution >= 4 is 6.08 Å². The van der Waals surface area contributed by atoms with Crippen LogP contribution >= 0.6 is 0 Å². The van der Waals surface area contributed by atoms with E-state index in [0.717, 1.165) is 5.56 Å². The van der Waals surface area contributed by atoms with Gasteiger partial charge in [-0.05, 0) is 12.1 Å². The van der Waals surface area contributed by atoms with Crippen LogP contribution in [0.15, 0.2) is 28.6 Å². The van der Waals surface area contributed by atoms with Gasteiger partial charge in [-0.3, -0.25) is 0 Å². The predicted molar refractivity (Wildman–Crippen MR) is 37.9 cm³/mol. The summed E-state index contributed by atoms with van der Waals surface area (Å²) in [4.78, 5) is 0. The number of furan rings is 1. The molecule has 0 amide bonds. The summed E-state index contributed by atoms with van der Waals surface area (Å²) in [6.07, 6.45) is 4.41. The van der Waals surface area contributed by atoms with Gasteiger partial charge in [0.1, 0.15) is 17.7 Å². The molecule has 0 aromatic carbocycles. The van der Waals surface area contributed by atoms with Crippen molar-refractivity contribution in [2.75, 3.05) is 0 Å². The Kier molecular flexibility index (Phi) is 2.09. The van der Waals surface area contributed by atoms with E-state index in [9.17, 15) is 0 Å². The quantitative estimate of drug-likeness (QED) is 0.563. The molecule has 0 bridgehead atoms. The molecule has 0 aliphatic heterocycles. The molecule has 0 saturated heterocycles. The second-order valence-corrected chi connectivity index (χ2v) is 1.84. The van der Waals surface area contributed by atoms with Gasteiger partial charge >= 0.3 is 0 Å². The number of nitriles is 2. The Hall–Kier alpha value is -2.00. The van der Waals surface area contributed by atoms with E-state index in [0.29, 0.717) is 0 Å². The molecule has 0 atom stereocenters. The summed E-state index contributed by atoms with van der Waals surface area (Å²) in [6.45, 7) is 0. The van der Waals surface area contributed by atoms with E-state index in [1.165, 1.54) is 18.6 Å². The van der Waals surface area contributed by atoms with Gasteiger partial charge in [0.25, 0.3) is 0 Å². The summed E-state index contributed by atoms with van der Waals surface area (Å²) in [6, 6.07) is 5.17. The van der Waals surface area contributed by atoms with Crippen molar-refractivity contribution in [3.63, 3.8) is 0 Å². The van der Waals surface area contributed by atoms with Crippen LogP contribution in [0.5, 0.6) is 0 Å². The standard InChI is InChI=1S/C8H4N2O/c9-4-8(5-10)3-7-1-2-11-6-7/h1-3,6H. The minimum absolute atomic E-state index is 0.0754. The summed E-state index contributed by atoms with van der Waals surface area (Å²) >= 11 is 0. The van der Waals surface area contributed by atoms with E-state index in [4.69, 9.17) is 14.9 Å². The fraction of sp³-hybridized carbons (Fsp3) is 0. The van der Waals surface area contributed by atoms with Gasteiger partial charge < -0.3 is 4.42 Å². The summed E-state index contributed by atoms with van der Waals surface area (Å²) in [7, 11) is 0. The highest BCUT2D eigenvalue weighted by atomic mass is 16.3. The second-order valence-electron chi connectivity index (χ2n) is 1.84. The Morgan fingerprint density at radius 1 is 1.45 bits per heavy atom. The van der Waals surface area contributed by atoms with Crippen LogP contribution in [0.3, 0.4) is 0 Å². The molecule has 3 heteroatoms. The highest BCUT2D eigenvalue weighted by Crippen LogP contribution is 2.05. The largest absolute Gasteiger partial charge is 0.472 e. The average molecular weight is 144 g/mol. The van der Waals surface area contributed by atoms with Crippen molar-refractivity contribution in [3.05, 3.63) is 29.7 Å². The molecule has 52 valence electrons. The van der Waals surface area contributed by atoms with Crippen LogP contribution in [0.1, 0.15) is 5.56 Å². The third-order valence-corrected chi connectivity index (χ3v) is 1.10. The van der Waals surface area contributed by atoms with Crippen LogP contribution < -0.4 is 0 Å². The minimum Gasteiger partial charge on any atom is -0.472 e. The molecule has 0 N–H and O–H groups in total. The van der Waals surface area contributed by atoms with E-state index >= 15 is 0 Å². The van der Waals surface area contributed by atoms with Crippen LogP contribution in [-0.4, -0.2) is 0 Å². The third kappa shape index (κ3) is 1.70. The van der Waals surface area contributed by atoms with Gasteiger partial charge in [0.2, 0.25) is 0 Å². The SMILES string of the molecule is N#CC(C#N)=Cc1ccoc1. The zero-order valence-corrected chi connectivity index (χ0v) is 5.61. The maximum atomic E-state index is 8.35. The summed E-state index contributed by atoms with van der Waals surface area (Å²) in [5.41, 5.74) is 0.800. The van der Waals surface area contributed by atoms with Crippen molar-refractivity contribution in [2.24, 2.45) is 0 Å². The Labute approximate surface area is 63.8 Å². The van der Waals surface area contributed by atoms with E-state index in [2.05, 4.69) is 0 Å². The molecule has 11 heavy (non-hydrogen) atoms. The Bertz CT molecular complexity index is 319. The molecule has 0 aliphatic carbocycles. The smallest absolute Gasteiger partial charge is 0.130 e. The number of rotatable bonds is 1. The van der Waals surface area contributed by atoms with Crippen molar-refractivity contribution in [1.29, 1.82) is 10.5 Å². The highest BCUT2D eigenvalue weighted by molar-refractivity contribution is 5.60. The van der Waals surface area contributed by atoms with Crippen LogP contribution in [0.2, 0.25) is 0 Å². The van der Waals surface area contributed by atoms with Crippen LogP contribution in [0.25, 0.3) is 6.08 Å². The third-order valence-electron chi connectivity index (χ3n) is 1.10. The lowest BCUT2D eigenvalue weighted by Gasteiger charge is -1.78. The maximum Gasteiger partial charge on any atom is 0.130 e. The molecule has 0 saturated carbocycles. The Morgan fingerprint density at radius 3 is 2.64 bits per heavy atom. The first-order valence-electron chi connectivity index (χ1n) is 2.91. The van der Waals surface area contributed by atoms with Crippen molar-refractivity contribution in [2.45, 2.75) is 0 Å². The molecule has 1 heterocycles. The molecule has 3 nitrogen and oxygen atoms in total. The molecule has 0 unspecified atom stereocenters. The molecule has 1 aromatic heterocycles. The van der Waals surface area contributed by atoms with Crippen molar-refractivity contribution in [3.8, 4) is 12.1 Å². The van der Waals surface area contributed by atoms with Crippen LogP contribution in [0, 0.1) is 22.7 Å². The monoisotopic (exact) mass is 144 g/mol. The second kappa shape index (κ2) is 3.24. The Morgan fingerprint density at radius 2 is 2.18 bits per heavy atom. The normalized spacial score (nSPS) is 7.82. The first-order valence-corrected chi connectivity index (χ1v) is 2.91. The topological polar surface area (TPSA) is 60.7 Å². The molecule has 0 fully saturated rings. The summed E-state index contributed by atoms with van der Waals surface area (Å²) in [5.74, 6) is 0. The van der Waals surface area contributed by atoms with Crippen LogP contribution in [0.4, 0.5) is 0 Å². The highest BCUT2D eigenvalue weighted by Gasteiger charge is 1.93. The average Bonchev–Trinajstić information content (AvgIpc) is 2.52. The van der Waals surface area contributed by atoms with E-state index in [1.807, 2.05) is 0 Å². The number of nitrogens with zero attached hydrogens (tertiary/aromatic N) is 2. The lowest BCUT2D eigenvalue weighted by atomic mass is 10.2. The van der Waals surface area contributed by atoms with E-state index in [1.54, 1.807) is 18.2 Å².